The van der Waals surface area contributed by atoms with Crippen LogP contribution in [-0.4, -0.2) is 25.3 Å². The van der Waals surface area contributed by atoms with Gasteiger partial charge in [-0.2, -0.15) is 0 Å². The number of fused-ring (bicyclic) bond motifs is 2. The molecule has 1 aromatic rings. The van der Waals surface area contributed by atoms with Gasteiger partial charge in [0.2, 0.25) is 0 Å². The summed E-state index contributed by atoms with van der Waals surface area (Å²) < 4.78 is 19.2. The highest BCUT2D eigenvalue weighted by molar-refractivity contribution is 5.55. The van der Waals surface area contributed by atoms with Gasteiger partial charge in [-0.3, -0.25) is 0 Å². The molecule has 18 heavy (non-hydrogen) atoms. The lowest BCUT2D eigenvalue weighted by Crippen LogP contribution is -2.43. The summed E-state index contributed by atoms with van der Waals surface area (Å²) in [4.78, 5) is 2.30. The predicted octanol–water partition coefficient (Wildman–Crippen LogP) is 2.21. The Morgan fingerprint density at radius 2 is 2.00 bits per heavy atom. The van der Waals surface area contributed by atoms with Gasteiger partial charge in [0, 0.05) is 24.8 Å². The average Bonchev–Trinajstić information content (AvgIpc) is 2.68. The van der Waals surface area contributed by atoms with Crippen LogP contribution in [0.25, 0.3) is 0 Å². The first-order valence-corrected chi connectivity index (χ1v) is 6.59. The van der Waals surface area contributed by atoms with Gasteiger partial charge in [-0.15, -0.1) is 0 Å². The van der Waals surface area contributed by atoms with E-state index in [1.807, 2.05) is 13.0 Å². The van der Waals surface area contributed by atoms with E-state index in [2.05, 4.69) is 4.90 Å². The van der Waals surface area contributed by atoms with Crippen molar-refractivity contribution in [1.82, 2.24) is 0 Å². The first-order chi connectivity index (χ1) is 8.63. The van der Waals surface area contributed by atoms with Crippen LogP contribution in [0.1, 0.15) is 31.4 Å². The summed E-state index contributed by atoms with van der Waals surface area (Å²) in [6, 6.07) is 4.76. The van der Waals surface area contributed by atoms with Gasteiger partial charge in [0.1, 0.15) is 5.82 Å². The number of ether oxygens (including phenoxy) is 1. The number of nitrogens with zero attached hydrogens (tertiary/aromatic N) is 1. The van der Waals surface area contributed by atoms with Crippen molar-refractivity contribution in [3.8, 4) is 0 Å². The van der Waals surface area contributed by atoms with E-state index in [1.54, 1.807) is 6.07 Å². The van der Waals surface area contributed by atoms with Crippen molar-refractivity contribution in [2.24, 2.45) is 5.73 Å². The van der Waals surface area contributed by atoms with E-state index in [0.717, 1.165) is 37.2 Å². The zero-order valence-electron chi connectivity index (χ0n) is 10.6. The molecule has 0 spiro atoms. The summed E-state index contributed by atoms with van der Waals surface area (Å²) in [7, 11) is 0. The number of rotatable bonds is 2. The topological polar surface area (TPSA) is 38.5 Å². The maximum Gasteiger partial charge on any atom is 0.123 e. The van der Waals surface area contributed by atoms with Crippen molar-refractivity contribution >= 4 is 5.69 Å². The van der Waals surface area contributed by atoms with Gasteiger partial charge in [-0.05, 0) is 43.5 Å². The van der Waals surface area contributed by atoms with Crippen molar-refractivity contribution in [3.63, 3.8) is 0 Å². The van der Waals surface area contributed by atoms with Gasteiger partial charge < -0.3 is 15.4 Å². The van der Waals surface area contributed by atoms with Gasteiger partial charge in [0.05, 0.1) is 12.2 Å². The smallest absolute Gasteiger partial charge is 0.123 e. The van der Waals surface area contributed by atoms with Gasteiger partial charge in [-0.25, -0.2) is 4.39 Å². The van der Waals surface area contributed by atoms with E-state index in [9.17, 15) is 4.39 Å². The molecule has 2 fully saturated rings. The normalized spacial score (nSPS) is 28.5. The molecular weight excluding hydrogens is 231 g/mol. The Hall–Kier alpha value is -1.13. The highest BCUT2D eigenvalue weighted by atomic mass is 19.1. The first-order valence-electron chi connectivity index (χ1n) is 6.59. The SMILES string of the molecule is C[C@H](N)c1cc(F)ccc1N1CC2CCC(C1)O2. The Labute approximate surface area is 107 Å². The summed E-state index contributed by atoms with van der Waals surface area (Å²) in [5, 5.41) is 0. The summed E-state index contributed by atoms with van der Waals surface area (Å²) in [5.41, 5.74) is 7.90. The minimum Gasteiger partial charge on any atom is -0.371 e. The van der Waals surface area contributed by atoms with Crippen LogP contribution in [0.4, 0.5) is 10.1 Å². The number of hydrogen-bond donors (Lipinski definition) is 1. The van der Waals surface area contributed by atoms with Crippen LogP contribution >= 0.6 is 0 Å². The molecular formula is C14H19FN2O. The molecule has 1 aromatic carbocycles. The van der Waals surface area contributed by atoms with E-state index in [1.165, 1.54) is 6.07 Å². The second kappa shape index (κ2) is 4.52. The van der Waals surface area contributed by atoms with Crippen LogP contribution in [0.15, 0.2) is 18.2 Å². The quantitative estimate of drug-likeness (QED) is 0.874. The Morgan fingerprint density at radius 3 is 2.61 bits per heavy atom. The number of hydrogen-bond acceptors (Lipinski definition) is 3. The maximum absolute atomic E-state index is 13.3. The zero-order chi connectivity index (χ0) is 12.7. The second-order valence-electron chi connectivity index (χ2n) is 5.35. The van der Waals surface area contributed by atoms with E-state index < -0.39 is 0 Å². The summed E-state index contributed by atoms with van der Waals surface area (Å²) in [5.74, 6) is -0.220. The summed E-state index contributed by atoms with van der Waals surface area (Å²) in [6.07, 6.45) is 2.93. The Balaban J connectivity index is 1.91. The Kier molecular flexibility index (Phi) is 2.99. The van der Waals surface area contributed by atoms with Crippen molar-refractivity contribution in [2.75, 3.05) is 18.0 Å². The van der Waals surface area contributed by atoms with Crippen molar-refractivity contribution in [2.45, 2.75) is 38.0 Å². The maximum atomic E-state index is 13.3. The van der Waals surface area contributed by atoms with Gasteiger partial charge in [-0.1, -0.05) is 0 Å². The molecule has 98 valence electrons. The highest BCUT2D eigenvalue weighted by Crippen LogP contribution is 2.33. The van der Waals surface area contributed by atoms with E-state index in [0.29, 0.717) is 12.2 Å². The molecule has 0 aromatic heterocycles. The lowest BCUT2D eigenvalue weighted by atomic mass is 10.0. The van der Waals surface area contributed by atoms with Gasteiger partial charge >= 0.3 is 0 Å². The molecule has 3 nitrogen and oxygen atoms in total. The Bertz CT molecular complexity index is 437. The largest absolute Gasteiger partial charge is 0.371 e. The van der Waals surface area contributed by atoms with Crippen molar-refractivity contribution < 1.29 is 9.13 Å². The van der Waals surface area contributed by atoms with Crippen molar-refractivity contribution in [1.29, 1.82) is 0 Å². The molecule has 3 atom stereocenters. The lowest BCUT2D eigenvalue weighted by molar-refractivity contribution is 0.0304. The molecule has 0 saturated carbocycles. The average molecular weight is 250 g/mol. The van der Waals surface area contributed by atoms with Crippen LogP contribution in [-0.2, 0) is 4.74 Å². The highest BCUT2D eigenvalue weighted by Gasteiger charge is 2.34. The minimum atomic E-state index is -0.220. The van der Waals surface area contributed by atoms with Crippen LogP contribution in [0.2, 0.25) is 0 Å². The molecule has 2 N–H and O–H groups in total. The number of anilines is 1. The van der Waals surface area contributed by atoms with Crippen molar-refractivity contribution in [3.05, 3.63) is 29.6 Å². The molecule has 0 amide bonds. The monoisotopic (exact) mass is 250 g/mol. The minimum absolute atomic E-state index is 0.156. The van der Waals surface area contributed by atoms with Crippen LogP contribution in [0.5, 0.6) is 0 Å². The first kappa shape index (κ1) is 11.9. The number of benzene rings is 1. The lowest BCUT2D eigenvalue weighted by Gasteiger charge is -2.35. The second-order valence-corrected chi connectivity index (χ2v) is 5.35. The fourth-order valence-electron chi connectivity index (χ4n) is 2.99. The molecule has 2 aliphatic rings. The fourth-order valence-corrected chi connectivity index (χ4v) is 2.99. The summed E-state index contributed by atoms with van der Waals surface area (Å²) >= 11 is 0. The molecule has 2 aliphatic heterocycles. The third-order valence-electron chi connectivity index (χ3n) is 3.86. The molecule has 2 saturated heterocycles. The number of nitrogens with two attached hydrogens (primary N) is 1. The van der Waals surface area contributed by atoms with Crippen LogP contribution < -0.4 is 10.6 Å². The van der Waals surface area contributed by atoms with E-state index >= 15 is 0 Å². The van der Waals surface area contributed by atoms with E-state index in [-0.39, 0.29) is 11.9 Å². The molecule has 3 rings (SSSR count). The molecule has 2 bridgehead atoms. The standard InChI is InChI=1S/C14H19FN2O/c1-9(16)13-6-10(15)2-5-14(13)17-7-11-3-4-12(8-17)18-11/h2,5-6,9,11-12H,3-4,7-8,16H2,1H3/t9-,11?,12?/m0/s1. The van der Waals surface area contributed by atoms with Crippen LogP contribution in [0, 0.1) is 5.82 Å². The van der Waals surface area contributed by atoms with Crippen LogP contribution in [0.3, 0.4) is 0 Å². The number of morpholine rings is 1. The zero-order valence-corrected chi connectivity index (χ0v) is 10.6. The third kappa shape index (κ3) is 2.10. The number of halogens is 1. The third-order valence-corrected chi connectivity index (χ3v) is 3.86. The van der Waals surface area contributed by atoms with Gasteiger partial charge in [0.15, 0.2) is 0 Å². The summed E-state index contributed by atoms with van der Waals surface area (Å²) in [6.45, 7) is 3.68. The predicted molar refractivity (Wildman–Crippen MR) is 69.1 cm³/mol. The van der Waals surface area contributed by atoms with Gasteiger partial charge in [0.25, 0.3) is 0 Å². The molecule has 4 heteroatoms. The molecule has 0 aliphatic carbocycles. The molecule has 2 unspecified atom stereocenters. The van der Waals surface area contributed by atoms with E-state index in [4.69, 9.17) is 10.5 Å². The molecule has 2 heterocycles. The fraction of sp³-hybridized carbons (Fsp3) is 0.571. The molecule has 0 radical (unpaired) electrons. The Morgan fingerprint density at radius 1 is 1.33 bits per heavy atom.